The summed E-state index contributed by atoms with van der Waals surface area (Å²) in [7, 11) is 0. The van der Waals surface area contributed by atoms with Crippen LogP contribution in [0.25, 0.3) is 11.3 Å². The van der Waals surface area contributed by atoms with Crippen LogP contribution in [0.5, 0.6) is 0 Å². The number of benzene rings is 1. The molecule has 0 saturated carbocycles. The van der Waals surface area contributed by atoms with Gasteiger partial charge in [0.05, 0.1) is 16.9 Å². The minimum atomic E-state index is -0.312. The molecule has 0 amide bonds. The summed E-state index contributed by atoms with van der Waals surface area (Å²) in [6.45, 7) is 8.26. The highest BCUT2D eigenvalue weighted by atomic mass is 16.7. The number of pyridine rings is 1. The second-order valence-electron chi connectivity index (χ2n) is 6.43. The summed E-state index contributed by atoms with van der Waals surface area (Å²) in [5, 5.41) is 0. The fraction of sp³-hybridized carbons (Fsp3) is 0.389. The normalized spacial score (nSPS) is 20.6. The first-order chi connectivity index (χ1) is 9.89. The molecule has 1 aromatic carbocycles. The molecule has 3 heteroatoms. The van der Waals surface area contributed by atoms with Crippen LogP contribution >= 0.6 is 0 Å². The molecule has 1 fully saturated rings. The second kappa shape index (κ2) is 4.93. The Kier molecular flexibility index (Phi) is 3.34. The average Bonchev–Trinajstić information content (AvgIpc) is 2.69. The summed E-state index contributed by atoms with van der Waals surface area (Å²) in [5.74, 6) is 0. The maximum Gasteiger partial charge on any atom is 0.185 e. The van der Waals surface area contributed by atoms with Crippen LogP contribution < -0.4 is 0 Å². The molecule has 3 rings (SSSR count). The predicted molar refractivity (Wildman–Crippen MR) is 82.7 cm³/mol. The van der Waals surface area contributed by atoms with Crippen LogP contribution in [0, 0.1) is 0 Å². The number of aromatic nitrogens is 1. The average molecular weight is 283 g/mol. The van der Waals surface area contributed by atoms with Crippen molar-refractivity contribution in [1.82, 2.24) is 4.98 Å². The molecule has 0 aliphatic carbocycles. The van der Waals surface area contributed by atoms with Crippen LogP contribution in [0.2, 0.25) is 0 Å². The fourth-order valence-electron chi connectivity index (χ4n) is 2.32. The monoisotopic (exact) mass is 283 g/mol. The third kappa shape index (κ3) is 2.59. The van der Waals surface area contributed by atoms with Gasteiger partial charge < -0.3 is 9.47 Å². The van der Waals surface area contributed by atoms with Crippen molar-refractivity contribution in [2.24, 2.45) is 0 Å². The third-order valence-corrected chi connectivity index (χ3v) is 4.40. The first-order valence-corrected chi connectivity index (χ1v) is 7.26. The lowest BCUT2D eigenvalue weighted by Crippen LogP contribution is -2.41. The molecule has 21 heavy (non-hydrogen) atoms. The van der Waals surface area contributed by atoms with Gasteiger partial charge in [-0.1, -0.05) is 30.3 Å². The maximum atomic E-state index is 6.06. The zero-order chi connectivity index (χ0) is 15.1. The largest absolute Gasteiger partial charge is 0.339 e. The molecule has 2 aromatic rings. The van der Waals surface area contributed by atoms with Crippen molar-refractivity contribution in [3.05, 3.63) is 54.2 Å². The molecule has 0 radical (unpaired) electrons. The molecule has 1 aliphatic heterocycles. The molecule has 0 spiro atoms. The van der Waals surface area contributed by atoms with Crippen molar-refractivity contribution in [2.45, 2.75) is 45.2 Å². The highest BCUT2D eigenvalue weighted by molar-refractivity contribution is 5.59. The summed E-state index contributed by atoms with van der Waals surface area (Å²) in [6.07, 6.45) is 1.49. The highest BCUT2D eigenvalue weighted by Crippen LogP contribution is 2.44. The van der Waals surface area contributed by atoms with E-state index in [1.165, 1.54) is 0 Å². The van der Waals surface area contributed by atoms with E-state index in [9.17, 15) is 0 Å². The van der Waals surface area contributed by atoms with Gasteiger partial charge in [0.2, 0.25) is 0 Å². The summed E-state index contributed by atoms with van der Waals surface area (Å²) in [6, 6.07) is 14.1. The smallest absolute Gasteiger partial charge is 0.185 e. The Morgan fingerprint density at radius 3 is 2.00 bits per heavy atom. The summed E-state index contributed by atoms with van der Waals surface area (Å²) >= 11 is 0. The van der Waals surface area contributed by atoms with E-state index in [1.54, 1.807) is 6.20 Å². The van der Waals surface area contributed by atoms with Crippen molar-refractivity contribution in [2.75, 3.05) is 0 Å². The van der Waals surface area contributed by atoms with Crippen LogP contribution in [0.15, 0.2) is 48.7 Å². The van der Waals surface area contributed by atoms with Crippen molar-refractivity contribution in [3.8, 4) is 11.3 Å². The van der Waals surface area contributed by atoms with E-state index in [0.29, 0.717) is 0 Å². The van der Waals surface area contributed by atoms with Crippen molar-refractivity contribution in [1.29, 1.82) is 0 Å². The number of hydrogen-bond donors (Lipinski definition) is 0. The van der Waals surface area contributed by atoms with E-state index in [0.717, 1.165) is 16.8 Å². The molecule has 2 heterocycles. The quantitative estimate of drug-likeness (QED) is 0.821. The Hall–Kier alpha value is -1.71. The van der Waals surface area contributed by atoms with E-state index in [2.05, 4.69) is 44.8 Å². The third-order valence-electron chi connectivity index (χ3n) is 4.40. The summed E-state index contributed by atoms with van der Waals surface area (Å²) in [4.78, 5) is 4.36. The van der Waals surface area contributed by atoms with Gasteiger partial charge in [-0.15, -0.1) is 0 Å². The summed E-state index contributed by atoms with van der Waals surface area (Å²) in [5.41, 5.74) is 2.48. The second-order valence-corrected chi connectivity index (χ2v) is 6.43. The molecule has 1 aliphatic rings. The molecule has 1 saturated heterocycles. The first kappa shape index (κ1) is 14.2. The fourth-order valence-corrected chi connectivity index (χ4v) is 2.32. The van der Waals surface area contributed by atoms with Crippen LogP contribution in [0.3, 0.4) is 0 Å². The Labute approximate surface area is 125 Å². The van der Waals surface area contributed by atoms with Gasteiger partial charge in [0.1, 0.15) is 0 Å². The van der Waals surface area contributed by atoms with Gasteiger partial charge in [-0.3, -0.25) is 4.98 Å². The first-order valence-electron chi connectivity index (χ1n) is 7.26. The Morgan fingerprint density at radius 1 is 0.857 bits per heavy atom. The van der Waals surface area contributed by atoms with E-state index in [1.807, 2.05) is 30.3 Å². The van der Waals surface area contributed by atoms with Gasteiger partial charge in [0.25, 0.3) is 0 Å². The van der Waals surface area contributed by atoms with Gasteiger partial charge in [-0.25, -0.2) is 0 Å². The van der Waals surface area contributed by atoms with E-state index in [-0.39, 0.29) is 17.5 Å². The van der Waals surface area contributed by atoms with E-state index in [4.69, 9.17) is 9.47 Å². The molecule has 0 unspecified atom stereocenters. The minimum Gasteiger partial charge on any atom is -0.339 e. The molecule has 110 valence electrons. The van der Waals surface area contributed by atoms with Gasteiger partial charge in [-0.05, 0) is 39.8 Å². The number of hydrogen-bond acceptors (Lipinski definition) is 3. The van der Waals surface area contributed by atoms with Crippen LogP contribution in [-0.4, -0.2) is 16.2 Å². The summed E-state index contributed by atoms with van der Waals surface area (Å²) < 4.78 is 12.1. The topological polar surface area (TPSA) is 31.4 Å². The zero-order valence-corrected chi connectivity index (χ0v) is 13.0. The lowest BCUT2D eigenvalue weighted by molar-refractivity contribution is -0.0895. The number of rotatable bonds is 2. The Balaban J connectivity index is 1.83. The predicted octanol–water partition coefficient (Wildman–Crippen LogP) is 4.35. The standard InChI is InChI=1S/C18H21NO2/c1-17(2)18(3,4)21-16(20-17)14-10-8-13(9-11-14)15-7-5-6-12-19-15/h5-12,16H,1-4H3. The van der Waals surface area contributed by atoms with Crippen molar-refractivity contribution >= 4 is 0 Å². The number of nitrogens with zero attached hydrogens (tertiary/aromatic N) is 1. The molecule has 1 aromatic heterocycles. The Morgan fingerprint density at radius 2 is 1.48 bits per heavy atom. The molecular formula is C18H21NO2. The SMILES string of the molecule is CC1(C)OC(c2ccc(-c3ccccn3)cc2)OC1(C)C. The zero-order valence-electron chi connectivity index (χ0n) is 13.0. The molecule has 3 nitrogen and oxygen atoms in total. The van der Waals surface area contributed by atoms with Crippen LogP contribution in [0.1, 0.15) is 39.5 Å². The van der Waals surface area contributed by atoms with Gasteiger partial charge in [-0.2, -0.15) is 0 Å². The van der Waals surface area contributed by atoms with Gasteiger partial charge in [0.15, 0.2) is 6.29 Å². The van der Waals surface area contributed by atoms with Gasteiger partial charge in [0, 0.05) is 17.3 Å². The minimum absolute atomic E-state index is 0.308. The lowest BCUT2D eigenvalue weighted by atomic mass is 9.90. The van der Waals surface area contributed by atoms with Crippen molar-refractivity contribution < 1.29 is 9.47 Å². The van der Waals surface area contributed by atoms with Gasteiger partial charge >= 0.3 is 0 Å². The van der Waals surface area contributed by atoms with Crippen LogP contribution in [-0.2, 0) is 9.47 Å². The van der Waals surface area contributed by atoms with Crippen LogP contribution in [0.4, 0.5) is 0 Å². The van der Waals surface area contributed by atoms with E-state index < -0.39 is 0 Å². The molecule has 0 bridgehead atoms. The van der Waals surface area contributed by atoms with Crippen molar-refractivity contribution in [3.63, 3.8) is 0 Å². The molecular weight excluding hydrogens is 262 g/mol. The lowest BCUT2D eigenvalue weighted by Gasteiger charge is -2.30. The van der Waals surface area contributed by atoms with E-state index >= 15 is 0 Å². The maximum absolute atomic E-state index is 6.06. The molecule has 0 N–H and O–H groups in total. The Bertz CT molecular complexity index is 601. The highest BCUT2D eigenvalue weighted by Gasteiger charge is 2.49. The molecule has 0 atom stereocenters. The number of ether oxygens (including phenoxy) is 2.